The lowest BCUT2D eigenvalue weighted by atomic mass is 9.67. The van der Waals surface area contributed by atoms with Gasteiger partial charge in [-0.3, -0.25) is 0 Å². The van der Waals surface area contributed by atoms with E-state index in [1.54, 1.807) is 0 Å². The van der Waals surface area contributed by atoms with E-state index in [0.29, 0.717) is 0 Å². The first-order valence-electron chi connectivity index (χ1n) is 5.18. The van der Waals surface area contributed by atoms with Gasteiger partial charge in [-0.1, -0.05) is 13.8 Å². The van der Waals surface area contributed by atoms with E-state index in [2.05, 4.69) is 13.8 Å². The number of ether oxygens (including phenoxy) is 1. The minimum Gasteiger partial charge on any atom is -0.366 e. The molecule has 4 bridgehead atoms. The molecule has 13 heavy (non-hydrogen) atoms. The largest absolute Gasteiger partial charge is 0.366 e. The molecule has 3 aliphatic rings. The molecular weight excluding hydrogens is 164 g/mol. The zero-order chi connectivity index (χ0) is 9.32. The van der Waals surface area contributed by atoms with Crippen LogP contribution < -0.4 is 0 Å². The molecule has 3 fully saturated rings. The predicted molar refractivity (Wildman–Crippen MR) is 48.3 cm³/mol. The summed E-state index contributed by atoms with van der Waals surface area (Å²) >= 11 is 0. The molecule has 4 unspecified atom stereocenters. The normalized spacial score (nSPS) is 63.1. The monoisotopic (exact) mass is 180 g/mol. The Kier molecular flexibility index (Phi) is 1.14. The standard InChI is InChI=1S/C11H16O2/c1-9-7-13-11(6-12)5-8(9)3-4-10(9,11)2/h6,8H,3-5,7H2,1-2H3. The Balaban J connectivity index is 2.19. The van der Waals surface area contributed by atoms with Crippen LogP contribution in [-0.4, -0.2) is 18.5 Å². The second-order valence-electron chi connectivity index (χ2n) is 5.49. The lowest BCUT2D eigenvalue weighted by molar-refractivity contribution is -0.139. The highest BCUT2D eigenvalue weighted by atomic mass is 16.5. The zero-order valence-corrected chi connectivity index (χ0v) is 8.30. The quantitative estimate of drug-likeness (QED) is 0.575. The fourth-order valence-electron chi connectivity index (χ4n) is 4.12. The van der Waals surface area contributed by atoms with Gasteiger partial charge in [-0.05, 0) is 25.2 Å². The molecule has 2 nitrogen and oxygen atoms in total. The third kappa shape index (κ3) is 0.541. The molecular formula is C11H16O2. The Labute approximate surface area is 78.6 Å². The lowest BCUT2D eigenvalue weighted by Gasteiger charge is -2.36. The first kappa shape index (κ1) is 7.98. The maximum atomic E-state index is 11.2. The Hall–Kier alpha value is -0.370. The second-order valence-corrected chi connectivity index (χ2v) is 5.49. The first-order valence-corrected chi connectivity index (χ1v) is 5.18. The fourth-order valence-corrected chi connectivity index (χ4v) is 4.12. The van der Waals surface area contributed by atoms with E-state index in [9.17, 15) is 4.79 Å². The molecule has 0 aromatic rings. The number of carbonyl (C=O) groups excluding carboxylic acids is 1. The van der Waals surface area contributed by atoms with E-state index >= 15 is 0 Å². The summed E-state index contributed by atoms with van der Waals surface area (Å²) in [4.78, 5) is 11.2. The SMILES string of the molecule is CC12COC3(C=O)CC1CCC32C. The smallest absolute Gasteiger partial charge is 0.152 e. The van der Waals surface area contributed by atoms with E-state index in [0.717, 1.165) is 25.2 Å². The molecule has 1 aliphatic heterocycles. The summed E-state index contributed by atoms with van der Waals surface area (Å²) in [5.74, 6) is 0.733. The van der Waals surface area contributed by atoms with Crippen LogP contribution in [0.1, 0.15) is 33.1 Å². The van der Waals surface area contributed by atoms with Crippen molar-refractivity contribution < 1.29 is 9.53 Å². The van der Waals surface area contributed by atoms with Gasteiger partial charge < -0.3 is 9.53 Å². The summed E-state index contributed by atoms with van der Waals surface area (Å²) in [6.07, 6.45) is 4.53. The van der Waals surface area contributed by atoms with Gasteiger partial charge in [-0.25, -0.2) is 0 Å². The predicted octanol–water partition coefficient (Wildman–Crippen LogP) is 1.78. The molecule has 0 N–H and O–H groups in total. The summed E-state index contributed by atoms with van der Waals surface area (Å²) in [5, 5.41) is 0. The van der Waals surface area contributed by atoms with E-state index in [-0.39, 0.29) is 10.8 Å². The Morgan fingerprint density at radius 1 is 1.46 bits per heavy atom. The molecule has 0 spiro atoms. The van der Waals surface area contributed by atoms with Crippen molar-refractivity contribution in [1.29, 1.82) is 0 Å². The average Bonchev–Trinajstić information content (AvgIpc) is 2.58. The maximum Gasteiger partial charge on any atom is 0.152 e. The van der Waals surface area contributed by atoms with E-state index in [4.69, 9.17) is 4.74 Å². The summed E-state index contributed by atoms with van der Waals surface area (Å²) in [6, 6.07) is 0. The molecule has 0 radical (unpaired) electrons. The number of rotatable bonds is 1. The summed E-state index contributed by atoms with van der Waals surface area (Å²) in [6.45, 7) is 5.36. The van der Waals surface area contributed by atoms with Gasteiger partial charge in [0.25, 0.3) is 0 Å². The Bertz CT molecular complexity index is 288. The van der Waals surface area contributed by atoms with Crippen molar-refractivity contribution in [3.63, 3.8) is 0 Å². The molecule has 72 valence electrons. The van der Waals surface area contributed by atoms with Crippen molar-refractivity contribution in [2.75, 3.05) is 6.61 Å². The number of hydrogen-bond acceptors (Lipinski definition) is 2. The van der Waals surface area contributed by atoms with Crippen molar-refractivity contribution >= 4 is 6.29 Å². The van der Waals surface area contributed by atoms with Crippen molar-refractivity contribution in [2.45, 2.75) is 38.7 Å². The Morgan fingerprint density at radius 2 is 2.23 bits per heavy atom. The highest BCUT2D eigenvalue weighted by Gasteiger charge is 2.75. The molecule has 4 atom stereocenters. The average molecular weight is 180 g/mol. The molecule has 2 aliphatic carbocycles. The number of aldehydes is 1. The molecule has 3 rings (SSSR count). The van der Waals surface area contributed by atoms with Crippen LogP contribution in [0.5, 0.6) is 0 Å². The fraction of sp³-hybridized carbons (Fsp3) is 0.909. The minimum atomic E-state index is -0.412. The first-order chi connectivity index (χ1) is 6.08. The molecule has 2 heteroatoms. The third-order valence-electron chi connectivity index (χ3n) is 5.46. The van der Waals surface area contributed by atoms with Gasteiger partial charge in [-0.2, -0.15) is 0 Å². The maximum absolute atomic E-state index is 11.2. The van der Waals surface area contributed by atoms with Crippen LogP contribution in [0.4, 0.5) is 0 Å². The van der Waals surface area contributed by atoms with Crippen LogP contribution in [0.15, 0.2) is 0 Å². The minimum absolute atomic E-state index is 0.131. The summed E-state index contributed by atoms with van der Waals surface area (Å²) in [5.41, 5.74) is 0.00495. The van der Waals surface area contributed by atoms with Crippen LogP contribution in [0.25, 0.3) is 0 Å². The van der Waals surface area contributed by atoms with Crippen LogP contribution in [0.2, 0.25) is 0 Å². The second kappa shape index (κ2) is 1.85. The van der Waals surface area contributed by atoms with Gasteiger partial charge >= 0.3 is 0 Å². The van der Waals surface area contributed by atoms with Crippen LogP contribution in [0, 0.1) is 16.7 Å². The van der Waals surface area contributed by atoms with Crippen LogP contribution >= 0.6 is 0 Å². The van der Waals surface area contributed by atoms with Crippen molar-refractivity contribution in [3.05, 3.63) is 0 Å². The molecule has 0 aromatic carbocycles. The lowest BCUT2D eigenvalue weighted by Crippen LogP contribution is -2.44. The van der Waals surface area contributed by atoms with E-state index < -0.39 is 5.60 Å². The van der Waals surface area contributed by atoms with Crippen molar-refractivity contribution in [2.24, 2.45) is 16.7 Å². The van der Waals surface area contributed by atoms with E-state index in [1.165, 1.54) is 12.8 Å². The highest BCUT2D eigenvalue weighted by molar-refractivity contribution is 5.68. The van der Waals surface area contributed by atoms with Gasteiger partial charge in [0.1, 0.15) is 5.60 Å². The van der Waals surface area contributed by atoms with Crippen LogP contribution in [0.3, 0.4) is 0 Å². The highest BCUT2D eigenvalue weighted by Crippen LogP contribution is 2.74. The van der Waals surface area contributed by atoms with Crippen LogP contribution in [-0.2, 0) is 9.53 Å². The van der Waals surface area contributed by atoms with Gasteiger partial charge in [0.05, 0.1) is 6.61 Å². The third-order valence-corrected chi connectivity index (χ3v) is 5.46. The van der Waals surface area contributed by atoms with Gasteiger partial charge in [0.15, 0.2) is 6.29 Å². The van der Waals surface area contributed by atoms with E-state index in [1.807, 2.05) is 0 Å². The molecule has 2 saturated carbocycles. The molecule has 1 saturated heterocycles. The topological polar surface area (TPSA) is 26.3 Å². The van der Waals surface area contributed by atoms with Crippen molar-refractivity contribution in [3.8, 4) is 0 Å². The molecule has 1 heterocycles. The molecule has 0 aromatic heterocycles. The summed E-state index contributed by atoms with van der Waals surface area (Å²) < 4.78 is 5.76. The zero-order valence-electron chi connectivity index (χ0n) is 8.30. The number of carbonyl (C=O) groups is 1. The molecule has 0 amide bonds. The summed E-state index contributed by atoms with van der Waals surface area (Å²) in [7, 11) is 0. The van der Waals surface area contributed by atoms with Crippen molar-refractivity contribution in [1.82, 2.24) is 0 Å². The van der Waals surface area contributed by atoms with Gasteiger partial charge in [-0.15, -0.1) is 0 Å². The number of hydrogen-bond donors (Lipinski definition) is 0. The van der Waals surface area contributed by atoms with Gasteiger partial charge in [0.2, 0.25) is 0 Å². The van der Waals surface area contributed by atoms with Gasteiger partial charge in [0, 0.05) is 10.8 Å². The Morgan fingerprint density at radius 3 is 2.69 bits per heavy atom.